The molecule has 2 aromatic carbocycles. The molecule has 2 aliphatic carbocycles. The van der Waals surface area contributed by atoms with Crippen molar-refractivity contribution in [2.75, 3.05) is 13.7 Å². The molecule has 1 heterocycles. The van der Waals surface area contributed by atoms with Gasteiger partial charge in [-0.05, 0) is 13.0 Å². The predicted octanol–water partition coefficient (Wildman–Crippen LogP) is -0.651. The molecule has 0 saturated carbocycles. The van der Waals surface area contributed by atoms with Crippen molar-refractivity contribution in [1.29, 1.82) is 0 Å². The second-order valence-corrected chi connectivity index (χ2v) is 11.5. The number of hydrogen-bond acceptors (Lipinski definition) is 14. The fraction of sp³-hybridized carbons (Fsp3) is 0.444. The zero-order valence-corrected chi connectivity index (χ0v) is 24.1. The van der Waals surface area contributed by atoms with Crippen LogP contribution in [0.4, 0.5) is 0 Å². The van der Waals surface area contributed by atoms with E-state index in [0.717, 1.165) is 0 Å². The number of aliphatic hydroxyl groups excluding tert-OH is 2. The Morgan fingerprint density at radius 2 is 1.73 bits per heavy atom. The summed E-state index contributed by atoms with van der Waals surface area (Å²) >= 11 is 0. The molecular weight excluding hydrogens is 610 g/mol. The minimum Gasteiger partial charge on any atom is -0.507 e. The van der Waals surface area contributed by atoms with Crippen molar-refractivity contribution in [3.05, 3.63) is 51.6 Å². The van der Waals surface area contributed by atoms with Crippen LogP contribution in [0.5, 0.6) is 17.2 Å². The Hall–Kier alpha value is -3.52. The number of ketones is 3. The first-order chi connectivity index (χ1) is 20.4. The number of ether oxygens (including phenoxy) is 3. The van der Waals surface area contributed by atoms with E-state index in [1.165, 1.54) is 25.3 Å². The molecule has 0 aromatic heterocycles. The molecule has 44 heavy (non-hydrogen) atoms. The van der Waals surface area contributed by atoms with Crippen LogP contribution < -0.4 is 10.5 Å². The number of fused-ring (bicyclic) bond motifs is 3. The molecule has 5 rings (SSSR count). The molecule has 3 aliphatic rings. The third-order valence-corrected chi connectivity index (χ3v) is 7.81. The summed E-state index contributed by atoms with van der Waals surface area (Å²) in [5, 5.41) is 53.7. The van der Waals surface area contributed by atoms with Gasteiger partial charge in [0.15, 0.2) is 17.9 Å². The summed E-state index contributed by atoms with van der Waals surface area (Å²) in [6.07, 6.45) is -5.12. The van der Waals surface area contributed by atoms with Gasteiger partial charge in [0.05, 0.1) is 42.1 Å². The molecule has 0 unspecified atom stereocenters. The van der Waals surface area contributed by atoms with E-state index in [2.05, 4.69) is 0 Å². The largest absolute Gasteiger partial charge is 0.507 e. The fourth-order valence-electron chi connectivity index (χ4n) is 5.75. The van der Waals surface area contributed by atoms with Gasteiger partial charge in [-0.2, -0.15) is 8.42 Å². The van der Waals surface area contributed by atoms with Gasteiger partial charge in [0, 0.05) is 42.0 Å². The number of phenols is 2. The summed E-state index contributed by atoms with van der Waals surface area (Å²) in [6, 6.07) is 3.64. The van der Waals surface area contributed by atoms with Crippen molar-refractivity contribution >= 4 is 27.7 Å². The highest BCUT2D eigenvalue weighted by molar-refractivity contribution is 7.79. The number of methoxy groups -OCH3 is 1. The Kier molecular flexibility index (Phi) is 9.19. The minimum atomic E-state index is -4.67. The molecule has 2 aromatic rings. The molecule has 1 aliphatic heterocycles. The van der Waals surface area contributed by atoms with Gasteiger partial charge in [-0.3, -0.25) is 23.5 Å². The van der Waals surface area contributed by atoms with Gasteiger partial charge in [0.25, 0.3) is 0 Å². The number of carbonyl (C=O) groups excluding carboxylic acids is 3. The van der Waals surface area contributed by atoms with Crippen LogP contribution in [0.2, 0.25) is 0 Å². The summed E-state index contributed by atoms with van der Waals surface area (Å²) in [7, 11) is -3.34. The Morgan fingerprint density at radius 3 is 2.30 bits per heavy atom. The lowest BCUT2D eigenvalue weighted by Gasteiger charge is -2.42. The molecule has 17 heteroatoms. The number of rotatable bonds is 5. The van der Waals surface area contributed by atoms with E-state index in [1.54, 1.807) is 6.92 Å². The van der Waals surface area contributed by atoms with E-state index < -0.39 is 106 Å². The lowest BCUT2D eigenvalue weighted by molar-refractivity contribution is -0.247. The van der Waals surface area contributed by atoms with Gasteiger partial charge in [0.2, 0.25) is 5.78 Å². The Morgan fingerprint density at radius 1 is 1.11 bits per heavy atom. The maximum Gasteiger partial charge on any atom is 0.394 e. The number of Topliss-reactive ketones (excluding diaryl/α,β-unsaturated/α-hetero) is 1. The number of hydrogen-bond donors (Lipinski definition) is 8. The van der Waals surface area contributed by atoms with Crippen LogP contribution in [0.3, 0.4) is 0 Å². The van der Waals surface area contributed by atoms with Crippen LogP contribution in [-0.4, -0.2) is 104 Å². The number of nitrogens with two attached hydrogens (primary N) is 1. The van der Waals surface area contributed by atoms with Crippen LogP contribution in [-0.2, 0) is 31.1 Å². The van der Waals surface area contributed by atoms with E-state index in [9.17, 15) is 39.9 Å². The third kappa shape index (κ3) is 6.06. The van der Waals surface area contributed by atoms with Crippen molar-refractivity contribution in [3.8, 4) is 17.2 Å². The lowest BCUT2D eigenvalue weighted by atomic mass is 9.72. The van der Waals surface area contributed by atoms with Gasteiger partial charge < -0.3 is 45.5 Å². The number of aliphatic hydroxyl groups is 3. The number of carbonyl (C=O) groups is 3. The van der Waals surface area contributed by atoms with Crippen LogP contribution in [0.1, 0.15) is 68.8 Å². The highest BCUT2D eigenvalue weighted by Gasteiger charge is 2.50. The zero-order valence-electron chi connectivity index (χ0n) is 23.3. The molecule has 0 spiro atoms. The van der Waals surface area contributed by atoms with Crippen molar-refractivity contribution in [2.24, 2.45) is 5.73 Å². The van der Waals surface area contributed by atoms with Crippen LogP contribution in [0.15, 0.2) is 18.2 Å². The first kappa shape index (κ1) is 33.4. The minimum absolute atomic E-state index is 0.0173. The van der Waals surface area contributed by atoms with Crippen LogP contribution in [0.25, 0.3) is 0 Å². The molecule has 1 saturated heterocycles. The first-order valence-corrected chi connectivity index (χ1v) is 14.5. The summed E-state index contributed by atoms with van der Waals surface area (Å²) in [4.78, 5) is 39.7. The Balaban J connectivity index is 0.000000818. The molecular formula is C27H31NO15S. The topological polar surface area (TPSA) is 281 Å². The highest BCUT2D eigenvalue weighted by Crippen LogP contribution is 2.52. The standard InChI is InChI=1S/C27H29NO11.H2O4S/c1-10-22(31)13(28)6-17(38-10)39-15-8-27(36,16(30)9-29)7-12-19(15)26(35)21-20(24(12)33)23(32)11-4-3-5-14(37-2)18(11)25(21)34;1-5(2,3)4/h3-5,10,13,15,17,22,29,31,33,35-36H,6-9,28H2,1-2H3;(H2,1,2,3,4)/t10-,13-,15-,17-,22-,27-;/m0./s1. The van der Waals surface area contributed by atoms with Gasteiger partial charge in [-0.1, -0.05) is 12.1 Å². The molecule has 9 N–H and O–H groups in total. The van der Waals surface area contributed by atoms with E-state index in [4.69, 9.17) is 37.5 Å². The van der Waals surface area contributed by atoms with Crippen molar-refractivity contribution in [1.82, 2.24) is 0 Å². The quantitative estimate of drug-likeness (QED) is 0.127. The average molecular weight is 642 g/mol. The Labute approximate surface area is 250 Å². The van der Waals surface area contributed by atoms with Gasteiger partial charge >= 0.3 is 10.4 Å². The van der Waals surface area contributed by atoms with E-state index >= 15 is 0 Å². The molecule has 0 radical (unpaired) electrons. The molecule has 240 valence electrons. The Bertz CT molecular complexity index is 1600. The van der Waals surface area contributed by atoms with Gasteiger partial charge in [-0.25, -0.2) is 0 Å². The molecule has 1 fully saturated rings. The van der Waals surface area contributed by atoms with Crippen LogP contribution in [0, 0.1) is 0 Å². The molecule has 6 atom stereocenters. The monoisotopic (exact) mass is 641 g/mol. The summed E-state index contributed by atoms with van der Waals surface area (Å²) in [5.74, 6) is -3.77. The zero-order chi connectivity index (χ0) is 32.9. The van der Waals surface area contributed by atoms with Crippen molar-refractivity contribution in [2.45, 2.75) is 62.4 Å². The lowest BCUT2D eigenvalue weighted by Crippen LogP contribution is -2.53. The van der Waals surface area contributed by atoms with E-state index in [0.29, 0.717) is 0 Å². The number of phenolic OH excluding ortho intramolecular Hbond substituents is 2. The predicted molar refractivity (Wildman–Crippen MR) is 146 cm³/mol. The molecule has 0 amide bonds. The first-order valence-electron chi connectivity index (χ1n) is 13.1. The van der Waals surface area contributed by atoms with Gasteiger partial charge in [0.1, 0.15) is 29.5 Å². The van der Waals surface area contributed by atoms with Crippen molar-refractivity contribution in [3.63, 3.8) is 0 Å². The van der Waals surface area contributed by atoms with Crippen LogP contribution >= 0.6 is 0 Å². The maximum atomic E-state index is 13.6. The fourth-order valence-corrected chi connectivity index (χ4v) is 5.75. The third-order valence-electron chi connectivity index (χ3n) is 7.81. The van der Waals surface area contributed by atoms with E-state index in [1.807, 2.05) is 0 Å². The number of benzene rings is 2. The second-order valence-electron chi connectivity index (χ2n) is 10.6. The number of aromatic hydroxyl groups is 2. The summed E-state index contributed by atoms with van der Waals surface area (Å²) < 4.78 is 48.6. The van der Waals surface area contributed by atoms with E-state index in [-0.39, 0.29) is 34.4 Å². The maximum absolute atomic E-state index is 13.6. The average Bonchev–Trinajstić information content (AvgIpc) is 2.94. The normalized spacial score (nSPS) is 27.8. The smallest absolute Gasteiger partial charge is 0.394 e. The van der Waals surface area contributed by atoms with Crippen molar-refractivity contribution < 1.29 is 71.7 Å². The second kappa shape index (κ2) is 12.1. The highest BCUT2D eigenvalue weighted by atomic mass is 32.3. The summed E-state index contributed by atoms with van der Waals surface area (Å²) in [5.41, 5.74) is 2.37. The van der Waals surface area contributed by atoms with Gasteiger partial charge in [-0.15, -0.1) is 0 Å². The summed E-state index contributed by atoms with van der Waals surface area (Å²) in [6.45, 7) is 0.560. The molecule has 0 bridgehead atoms. The molecule has 16 nitrogen and oxygen atoms in total. The SMILES string of the molecule is COc1cccc2c1C(=O)c1c(O)c3c(c(O)c1C2=O)C[C@@](O)(C(=O)CO)C[C@@H]3O[C@H]1C[C@H](N)[C@@H](O)[C@H](C)O1.O=S(=O)(O)O.